The molecule has 0 saturated carbocycles. The Labute approximate surface area is 220 Å². The van der Waals surface area contributed by atoms with Crippen LogP contribution in [0.15, 0.2) is 30.3 Å². The molecule has 1 aromatic carbocycles. The average Bonchev–Trinajstić information content (AvgIpc) is 2.87. The Balaban J connectivity index is 0.00000612. The Hall–Kier alpha value is -1.14. The number of aliphatic hydroxyl groups excluding tert-OH is 1. The second kappa shape index (κ2) is 21.0. The summed E-state index contributed by atoms with van der Waals surface area (Å²) >= 11 is 0. The van der Waals surface area contributed by atoms with E-state index >= 15 is 0 Å². The first kappa shape index (κ1) is 31.9. The molecular formula is C29H50ClN2O3-. The summed E-state index contributed by atoms with van der Waals surface area (Å²) in [6.07, 6.45) is 16.8. The van der Waals surface area contributed by atoms with Crippen molar-refractivity contribution < 1.29 is 27.0 Å². The maximum Gasteiger partial charge on any atom is 0.220 e. The first-order valence-electron chi connectivity index (χ1n) is 14.0. The number of hydrogen-bond acceptors (Lipinski definition) is 4. The van der Waals surface area contributed by atoms with Gasteiger partial charge in [0, 0.05) is 26.1 Å². The highest BCUT2D eigenvalue weighted by atomic mass is 35.5. The van der Waals surface area contributed by atoms with Crippen LogP contribution in [0, 0.1) is 0 Å². The van der Waals surface area contributed by atoms with Crippen LogP contribution in [0.25, 0.3) is 0 Å². The molecular weight excluding hydrogens is 460 g/mol. The highest BCUT2D eigenvalue weighted by molar-refractivity contribution is 5.76. The van der Waals surface area contributed by atoms with Crippen molar-refractivity contribution in [1.29, 1.82) is 0 Å². The van der Waals surface area contributed by atoms with Gasteiger partial charge in [0.1, 0.15) is 6.10 Å². The molecule has 1 fully saturated rings. The number of ether oxygens (including phenoxy) is 1. The van der Waals surface area contributed by atoms with E-state index in [2.05, 4.69) is 17.1 Å². The highest BCUT2D eigenvalue weighted by Crippen LogP contribution is 2.19. The van der Waals surface area contributed by atoms with Gasteiger partial charge in [-0.1, -0.05) is 114 Å². The van der Waals surface area contributed by atoms with Crippen LogP contribution in [0.2, 0.25) is 0 Å². The summed E-state index contributed by atoms with van der Waals surface area (Å²) in [7, 11) is 0. The third kappa shape index (κ3) is 14.9. The third-order valence-corrected chi connectivity index (χ3v) is 6.93. The predicted molar refractivity (Wildman–Crippen MR) is 141 cm³/mol. The maximum atomic E-state index is 12.7. The zero-order valence-corrected chi connectivity index (χ0v) is 22.8. The predicted octanol–water partition coefficient (Wildman–Crippen LogP) is 3.02. The lowest BCUT2D eigenvalue weighted by atomic mass is 10.0. The maximum absolute atomic E-state index is 12.7. The molecule has 6 heteroatoms. The molecule has 2 atom stereocenters. The fourth-order valence-corrected chi connectivity index (χ4v) is 4.75. The number of rotatable bonds is 19. The largest absolute Gasteiger partial charge is 1.00 e. The molecule has 0 spiro atoms. The number of morpholine rings is 1. The van der Waals surface area contributed by atoms with Crippen molar-refractivity contribution in [3.63, 3.8) is 0 Å². The summed E-state index contributed by atoms with van der Waals surface area (Å²) in [5, 5.41) is 14.1. The molecule has 5 nitrogen and oxygen atoms in total. The summed E-state index contributed by atoms with van der Waals surface area (Å²) in [5.74, 6) is 0.0521. The fourth-order valence-electron chi connectivity index (χ4n) is 4.75. The lowest BCUT2D eigenvalue weighted by molar-refractivity contribution is -0.123. The normalized spacial score (nSPS) is 15.8. The van der Waals surface area contributed by atoms with E-state index in [0.29, 0.717) is 26.2 Å². The number of carbonyl (C=O) groups is 1. The van der Waals surface area contributed by atoms with E-state index in [1.54, 1.807) is 0 Å². The Morgan fingerprint density at radius 2 is 1.40 bits per heavy atom. The number of halogens is 1. The minimum absolute atomic E-state index is 0. The quantitative estimate of drug-likeness (QED) is 0.281. The second-order valence-corrected chi connectivity index (χ2v) is 9.94. The molecule has 1 amide bonds. The Morgan fingerprint density at radius 3 is 1.94 bits per heavy atom. The van der Waals surface area contributed by atoms with Gasteiger partial charge in [-0.3, -0.25) is 9.69 Å². The first-order valence-corrected chi connectivity index (χ1v) is 14.0. The molecule has 0 unspecified atom stereocenters. The standard InChI is InChI=1S/C29H50N2O3.ClH/c1-2-3-4-5-6-7-8-9-10-11-12-13-17-20-28(32)30-27(25-31-21-23-34-24-22-31)29(33)26-18-15-14-16-19-26;/h14-16,18-19,27,29,33H,2-13,17,20-25H2,1H3,(H,30,32);1H/p-1/t27-,29-;/m1./s1. The summed E-state index contributed by atoms with van der Waals surface area (Å²) in [4.78, 5) is 14.9. The van der Waals surface area contributed by atoms with E-state index in [4.69, 9.17) is 4.74 Å². The Kier molecular flexibility index (Phi) is 19.1. The molecule has 0 radical (unpaired) electrons. The highest BCUT2D eigenvalue weighted by Gasteiger charge is 2.26. The zero-order chi connectivity index (χ0) is 24.3. The van der Waals surface area contributed by atoms with Crippen LogP contribution in [-0.4, -0.2) is 54.8 Å². The van der Waals surface area contributed by atoms with Crippen molar-refractivity contribution in [1.82, 2.24) is 10.2 Å². The van der Waals surface area contributed by atoms with Crippen molar-refractivity contribution in [2.75, 3.05) is 32.8 Å². The van der Waals surface area contributed by atoms with Crippen LogP contribution in [0.5, 0.6) is 0 Å². The van der Waals surface area contributed by atoms with E-state index in [1.165, 1.54) is 70.6 Å². The van der Waals surface area contributed by atoms with Crippen LogP contribution in [0.1, 0.15) is 108 Å². The molecule has 0 bridgehead atoms. The van der Waals surface area contributed by atoms with Crippen molar-refractivity contribution >= 4 is 5.91 Å². The second-order valence-electron chi connectivity index (χ2n) is 9.94. The molecule has 0 aromatic heterocycles. The number of nitrogens with zero attached hydrogens (tertiary/aromatic N) is 1. The van der Waals surface area contributed by atoms with Gasteiger partial charge in [-0.15, -0.1) is 0 Å². The molecule has 1 aliphatic heterocycles. The topological polar surface area (TPSA) is 61.8 Å². The minimum Gasteiger partial charge on any atom is -1.00 e. The lowest BCUT2D eigenvalue weighted by Crippen LogP contribution is -3.00. The summed E-state index contributed by atoms with van der Waals surface area (Å²) < 4.78 is 5.45. The smallest absolute Gasteiger partial charge is 0.220 e. The van der Waals surface area contributed by atoms with Crippen LogP contribution in [0.4, 0.5) is 0 Å². The van der Waals surface area contributed by atoms with Gasteiger partial charge in [0.05, 0.1) is 19.3 Å². The zero-order valence-electron chi connectivity index (χ0n) is 22.1. The number of aliphatic hydroxyl groups is 1. The van der Waals surface area contributed by atoms with Crippen LogP contribution in [0.3, 0.4) is 0 Å². The van der Waals surface area contributed by atoms with Gasteiger partial charge in [0.15, 0.2) is 0 Å². The number of nitrogens with one attached hydrogen (secondary N) is 1. The lowest BCUT2D eigenvalue weighted by Gasteiger charge is -2.33. The van der Waals surface area contributed by atoms with Crippen molar-refractivity contribution in [2.24, 2.45) is 0 Å². The monoisotopic (exact) mass is 509 g/mol. The molecule has 35 heavy (non-hydrogen) atoms. The van der Waals surface area contributed by atoms with E-state index in [0.717, 1.165) is 31.5 Å². The van der Waals surface area contributed by atoms with Crippen molar-refractivity contribution in [3.05, 3.63) is 35.9 Å². The SMILES string of the molecule is CCCCCCCCCCCCCCCC(=O)N[C@H](CN1CCOCC1)[C@H](O)c1ccccc1.[Cl-]. The molecule has 0 aliphatic carbocycles. The van der Waals surface area contributed by atoms with E-state index in [1.807, 2.05) is 30.3 Å². The van der Waals surface area contributed by atoms with Gasteiger partial charge >= 0.3 is 0 Å². The van der Waals surface area contributed by atoms with Gasteiger partial charge in [0.25, 0.3) is 0 Å². The number of carbonyl (C=O) groups excluding carboxylic acids is 1. The van der Waals surface area contributed by atoms with Crippen molar-refractivity contribution in [3.8, 4) is 0 Å². The summed E-state index contributed by atoms with van der Waals surface area (Å²) in [6, 6.07) is 9.35. The number of unbranched alkanes of at least 4 members (excludes halogenated alkanes) is 12. The Bertz CT molecular complexity index is 626. The number of amides is 1. The Morgan fingerprint density at radius 1 is 0.886 bits per heavy atom. The molecule has 2 rings (SSSR count). The minimum atomic E-state index is -0.709. The molecule has 1 aliphatic rings. The summed E-state index contributed by atoms with van der Waals surface area (Å²) in [6.45, 7) is 6.01. The molecule has 2 N–H and O–H groups in total. The number of benzene rings is 1. The van der Waals surface area contributed by atoms with Gasteiger partial charge in [0.2, 0.25) is 5.91 Å². The van der Waals surface area contributed by atoms with Crippen LogP contribution in [-0.2, 0) is 9.53 Å². The van der Waals surface area contributed by atoms with E-state index < -0.39 is 6.10 Å². The molecule has 1 heterocycles. The number of hydrogen-bond donors (Lipinski definition) is 2. The fraction of sp³-hybridized carbons (Fsp3) is 0.759. The molecule has 1 aromatic rings. The third-order valence-electron chi connectivity index (χ3n) is 6.93. The van der Waals surface area contributed by atoms with Crippen LogP contribution < -0.4 is 17.7 Å². The van der Waals surface area contributed by atoms with Gasteiger partial charge < -0.3 is 27.6 Å². The summed E-state index contributed by atoms with van der Waals surface area (Å²) in [5.41, 5.74) is 0.849. The van der Waals surface area contributed by atoms with Crippen LogP contribution >= 0.6 is 0 Å². The van der Waals surface area contributed by atoms with E-state index in [-0.39, 0.29) is 24.4 Å². The van der Waals surface area contributed by atoms with Gasteiger partial charge in [-0.2, -0.15) is 0 Å². The first-order chi connectivity index (χ1) is 16.7. The molecule has 202 valence electrons. The van der Waals surface area contributed by atoms with Crippen molar-refractivity contribution in [2.45, 2.75) is 109 Å². The van der Waals surface area contributed by atoms with E-state index in [9.17, 15) is 9.90 Å². The molecule has 1 saturated heterocycles. The van der Waals surface area contributed by atoms with Gasteiger partial charge in [-0.25, -0.2) is 0 Å². The van der Waals surface area contributed by atoms with Gasteiger partial charge in [-0.05, 0) is 12.0 Å². The average molecular weight is 510 g/mol.